The van der Waals surface area contributed by atoms with E-state index in [2.05, 4.69) is 87.0 Å². The smallest absolute Gasteiger partial charge is 0.0887 e. The summed E-state index contributed by atoms with van der Waals surface area (Å²) in [6.07, 6.45) is 1.90. The van der Waals surface area contributed by atoms with Crippen LogP contribution in [0.3, 0.4) is 0 Å². The zero-order chi connectivity index (χ0) is 18.2. The SMILES string of the molecule is C=C(Cc1ccccc1C(C)=NCNCC)c1cccc(CC)c1C. The highest BCUT2D eigenvalue weighted by atomic mass is 15.0. The van der Waals surface area contributed by atoms with Crippen LogP contribution in [0.15, 0.2) is 54.0 Å². The second kappa shape index (κ2) is 9.33. The lowest BCUT2D eigenvalue weighted by atomic mass is 9.90. The lowest BCUT2D eigenvalue weighted by Gasteiger charge is -2.15. The van der Waals surface area contributed by atoms with Crippen molar-refractivity contribution in [2.75, 3.05) is 13.2 Å². The van der Waals surface area contributed by atoms with Gasteiger partial charge in [-0.05, 0) is 66.6 Å². The van der Waals surface area contributed by atoms with Gasteiger partial charge in [0.15, 0.2) is 0 Å². The van der Waals surface area contributed by atoms with Crippen LogP contribution in [0.4, 0.5) is 0 Å². The number of hydrogen-bond acceptors (Lipinski definition) is 2. The van der Waals surface area contributed by atoms with Crippen molar-refractivity contribution in [1.82, 2.24) is 5.32 Å². The van der Waals surface area contributed by atoms with Crippen LogP contribution in [0.25, 0.3) is 5.57 Å². The van der Waals surface area contributed by atoms with Gasteiger partial charge in [0.05, 0.1) is 6.67 Å². The van der Waals surface area contributed by atoms with E-state index in [1.165, 1.54) is 33.4 Å². The fourth-order valence-electron chi connectivity index (χ4n) is 3.17. The maximum absolute atomic E-state index is 4.65. The largest absolute Gasteiger partial charge is 0.299 e. The zero-order valence-electron chi connectivity index (χ0n) is 16.0. The van der Waals surface area contributed by atoms with Crippen LogP contribution >= 0.6 is 0 Å². The van der Waals surface area contributed by atoms with Crippen molar-refractivity contribution in [3.63, 3.8) is 0 Å². The van der Waals surface area contributed by atoms with Crippen molar-refractivity contribution in [2.24, 2.45) is 4.99 Å². The highest BCUT2D eigenvalue weighted by molar-refractivity contribution is 6.00. The van der Waals surface area contributed by atoms with Gasteiger partial charge >= 0.3 is 0 Å². The lowest BCUT2D eigenvalue weighted by Crippen LogP contribution is -2.14. The van der Waals surface area contributed by atoms with Crippen molar-refractivity contribution in [2.45, 2.75) is 40.5 Å². The summed E-state index contributed by atoms with van der Waals surface area (Å²) in [5.74, 6) is 0. The number of rotatable bonds is 8. The average Bonchev–Trinajstić information content (AvgIpc) is 2.62. The molecule has 0 aliphatic carbocycles. The molecule has 0 unspecified atom stereocenters. The molecule has 25 heavy (non-hydrogen) atoms. The molecule has 2 nitrogen and oxygen atoms in total. The summed E-state index contributed by atoms with van der Waals surface area (Å²) in [6.45, 7) is 14.6. The van der Waals surface area contributed by atoms with Crippen molar-refractivity contribution < 1.29 is 0 Å². The molecule has 0 aromatic heterocycles. The lowest BCUT2D eigenvalue weighted by molar-refractivity contribution is 0.743. The molecule has 0 radical (unpaired) electrons. The number of benzene rings is 2. The van der Waals surface area contributed by atoms with E-state index in [-0.39, 0.29) is 0 Å². The predicted molar refractivity (Wildman–Crippen MR) is 110 cm³/mol. The average molecular weight is 335 g/mol. The van der Waals surface area contributed by atoms with Gasteiger partial charge in [-0.2, -0.15) is 0 Å². The molecule has 0 fully saturated rings. The second-order valence-corrected chi connectivity index (χ2v) is 6.39. The maximum atomic E-state index is 4.65. The van der Waals surface area contributed by atoms with Gasteiger partial charge in [0.2, 0.25) is 0 Å². The van der Waals surface area contributed by atoms with Gasteiger partial charge in [-0.1, -0.05) is 62.9 Å². The van der Waals surface area contributed by atoms with E-state index in [0.717, 1.165) is 25.1 Å². The first-order valence-corrected chi connectivity index (χ1v) is 9.15. The number of aliphatic imine (C=N–C) groups is 1. The summed E-state index contributed by atoms with van der Waals surface area (Å²) in [5, 5.41) is 3.25. The molecule has 2 aromatic carbocycles. The van der Waals surface area contributed by atoms with E-state index in [1.807, 2.05) is 0 Å². The molecule has 1 N–H and O–H groups in total. The fourth-order valence-corrected chi connectivity index (χ4v) is 3.17. The molecule has 0 saturated carbocycles. The molecule has 2 rings (SSSR count). The number of nitrogens with one attached hydrogen (secondary N) is 1. The van der Waals surface area contributed by atoms with Gasteiger partial charge in [0, 0.05) is 5.71 Å². The van der Waals surface area contributed by atoms with Crippen molar-refractivity contribution in [3.05, 3.63) is 76.9 Å². The van der Waals surface area contributed by atoms with Gasteiger partial charge in [-0.3, -0.25) is 10.3 Å². The predicted octanol–water partition coefficient (Wildman–Crippen LogP) is 5.19. The van der Waals surface area contributed by atoms with Crippen LogP contribution in [0, 0.1) is 6.92 Å². The molecule has 0 saturated heterocycles. The Morgan fingerprint density at radius 1 is 1.00 bits per heavy atom. The Hall–Kier alpha value is -2.19. The molecule has 2 heteroatoms. The van der Waals surface area contributed by atoms with Gasteiger partial charge in [-0.25, -0.2) is 0 Å². The van der Waals surface area contributed by atoms with Gasteiger partial charge in [0.1, 0.15) is 0 Å². The van der Waals surface area contributed by atoms with Gasteiger partial charge in [-0.15, -0.1) is 0 Å². The summed E-state index contributed by atoms with van der Waals surface area (Å²) in [7, 11) is 0. The summed E-state index contributed by atoms with van der Waals surface area (Å²) in [6, 6.07) is 15.1. The minimum atomic E-state index is 0.662. The molecule has 0 spiro atoms. The van der Waals surface area contributed by atoms with Crippen LogP contribution in [-0.4, -0.2) is 18.9 Å². The third-order valence-electron chi connectivity index (χ3n) is 4.70. The molecule has 0 bridgehead atoms. The number of hydrogen-bond donors (Lipinski definition) is 1. The molecular formula is C23H30N2. The molecule has 0 amide bonds. The Balaban J connectivity index is 2.26. The summed E-state index contributed by atoms with van der Waals surface area (Å²) >= 11 is 0. The summed E-state index contributed by atoms with van der Waals surface area (Å²) in [4.78, 5) is 4.65. The van der Waals surface area contributed by atoms with E-state index < -0.39 is 0 Å². The third-order valence-corrected chi connectivity index (χ3v) is 4.70. The molecule has 0 heterocycles. The first-order chi connectivity index (χ1) is 12.1. The Bertz CT molecular complexity index is 756. The molecule has 132 valence electrons. The Kier molecular flexibility index (Phi) is 7.15. The quantitative estimate of drug-likeness (QED) is 0.521. The molecule has 0 aliphatic heterocycles. The number of nitrogens with zero attached hydrogens (tertiary/aromatic N) is 1. The van der Waals surface area contributed by atoms with Crippen LogP contribution in [0.2, 0.25) is 0 Å². The van der Waals surface area contributed by atoms with E-state index in [9.17, 15) is 0 Å². The minimum Gasteiger partial charge on any atom is -0.299 e. The van der Waals surface area contributed by atoms with Gasteiger partial charge in [0.25, 0.3) is 0 Å². The van der Waals surface area contributed by atoms with E-state index in [0.29, 0.717) is 6.67 Å². The fraction of sp³-hybridized carbons (Fsp3) is 0.348. The number of allylic oxidation sites excluding steroid dienone is 1. The van der Waals surface area contributed by atoms with Crippen molar-refractivity contribution in [3.8, 4) is 0 Å². The zero-order valence-corrected chi connectivity index (χ0v) is 16.0. The van der Waals surface area contributed by atoms with E-state index in [1.54, 1.807) is 0 Å². The summed E-state index contributed by atoms with van der Waals surface area (Å²) in [5.41, 5.74) is 8.76. The topological polar surface area (TPSA) is 24.4 Å². The molecule has 0 aliphatic rings. The van der Waals surface area contributed by atoms with Crippen molar-refractivity contribution >= 4 is 11.3 Å². The standard InChI is InChI=1S/C23H30N2/c1-6-20-12-10-14-22(18(20)4)17(3)15-21-11-8-9-13-23(21)19(5)25-16-24-7-2/h8-14,24H,3,6-7,15-16H2,1-2,4-5H3. The van der Waals surface area contributed by atoms with Crippen LogP contribution in [0.1, 0.15) is 48.6 Å². The molecule has 0 atom stereocenters. The second-order valence-electron chi connectivity index (χ2n) is 6.39. The van der Waals surface area contributed by atoms with E-state index >= 15 is 0 Å². The van der Waals surface area contributed by atoms with Crippen LogP contribution in [0.5, 0.6) is 0 Å². The number of aryl methyl sites for hydroxylation is 1. The summed E-state index contributed by atoms with van der Waals surface area (Å²) < 4.78 is 0. The monoisotopic (exact) mass is 334 g/mol. The highest BCUT2D eigenvalue weighted by Gasteiger charge is 2.10. The van der Waals surface area contributed by atoms with Crippen molar-refractivity contribution in [1.29, 1.82) is 0 Å². The Morgan fingerprint density at radius 3 is 2.40 bits per heavy atom. The third kappa shape index (κ3) is 4.90. The molecule has 2 aromatic rings. The normalized spacial score (nSPS) is 11.6. The first kappa shape index (κ1) is 19.1. The first-order valence-electron chi connectivity index (χ1n) is 9.15. The van der Waals surface area contributed by atoms with E-state index in [4.69, 9.17) is 0 Å². The Morgan fingerprint density at radius 2 is 1.68 bits per heavy atom. The maximum Gasteiger partial charge on any atom is 0.0887 e. The van der Waals surface area contributed by atoms with Gasteiger partial charge < -0.3 is 0 Å². The Labute approximate surface area is 152 Å². The van der Waals surface area contributed by atoms with Crippen LogP contribution < -0.4 is 5.32 Å². The molecular weight excluding hydrogens is 304 g/mol. The van der Waals surface area contributed by atoms with Crippen LogP contribution in [-0.2, 0) is 12.8 Å². The highest BCUT2D eigenvalue weighted by Crippen LogP contribution is 2.25. The minimum absolute atomic E-state index is 0.662.